The monoisotopic (exact) mass is 213 g/mol. The molecule has 0 saturated heterocycles. The van der Waals surface area contributed by atoms with Gasteiger partial charge >= 0.3 is 0 Å². The molecule has 0 bridgehead atoms. The van der Waals surface area contributed by atoms with Gasteiger partial charge in [0.15, 0.2) is 0 Å². The molecule has 0 aromatic carbocycles. The van der Waals surface area contributed by atoms with Crippen molar-refractivity contribution in [2.24, 2.45) is 12.8 Å². The van der Waals surface area contributed by atoms with Gasteiger partial charge in [-0.2, -0.15) is 16.9 Å². The summed E-state index contributed by atoms with van der Waals surface area (Å²) in [6.45, 7) is 4.16. The van der Waals surface area contributed by atoms with E-state index in [1.165, 1.54) is 11.4 Å². The summed E-state index contributed by atoms with van der Waals surface area (Å²) in [5.74, 6) is 2.01. The van der Waals surface area contributed by atoms with Crippen LogP contribution in [0.3, 0.4) is 0 Å². The molecule has 0 saturated carbocycles. The summed E-state index contributed by atoms with van der Waals surface area (Å²) in [5.41, 5.74) is 8.14. The molecule has 1 atom stereocenters. The first-order valence-electron chi connectivity index (χ1n) is 4.98. The van der Waals surface area contributed by atoms with E-state index in [1.807, 2.05) is 30.4 Å². The van der Waals surface area contributed by atoms with Gasteiger partial charge in [0, 0.05) is 30.3 Å². The summed E-state index contributed by atoms with van der Waals surface area (Å²) in [6, 6.07) is 2.45. The van der Waals surface area contributed by atoms with Crippen molar-refractivity contribution in [3.8, 4) is 0 Å². The van der Waals surface area contributed by atoms with Gasteiger partial charge in [-0.1, -0.05) is 6.92 Å². The lowest BCUT2D eigenvalue weighted by atomic mass is 10.3. The average molecular weight is 213 g/mol. The highest BCUT2D eigenvalue weighted by Crippen LogP contribution is 2.13. The molecule has 80 valence electrons. The molecule has 4 heteroatoms. The van der Waals surface area contributed by atoms with Gasteiger partial charge < -0.3 is 5.73 Å². The smallest absolute Gasteiger partial charge is 0.0624 e. The molecule has 14 heavy (non-hydrogen) atoms. The molecule has 0 aliphatic carbocycles. The Morgan fingerprint density at radius 2 is 2.36 bits per heavy atom. The summed E-state index contributed by atoms with van der Waals surface area (Å²) in [4.78, 5) is 0. The molecule has 1 aromatic heterocycles. The standard InChI is InChI=1S/C10H19N3S/c1-4-9-5-10(13(3)12-9)7-14-6-8(2)11/h5,8H,4,6-7,11H2,1-3H3. The van der Waals surface area contributed by atoms with Gasteiger partial charge in [-0.3, -0.25) is 4.68 Å². The maximum absolute atomic E-state index is 5.68. The predicted octanol–water partition coefficient (Wildman–Crippen LogP) is 1.56. The number of rotatable bonds is 5. The van der Waals surface area contributed by atoms with E-state index in [4.69, 9.17) is 5.73 Å². The van der Waals surface area contributed by atoms with Gasteiger partial charge in [-0.15, -0.1) is 0 Å². The highest BCUT2D eigenvalue weighted by Gasteiger charge is 2.04. The third kappa shape index (κ3) is 3.35. The fourth-order valence-corrected chi connectivity index (χ4v) is 2.20. The van der Waals surface area contributed by atoms with Crippen LogP contribution in [-0.2, 0) is 19.2 Å². The van der Waals surface area contributed by atoms with Crippen LogP contribution in [0.25, 0.3) is 0 Å². The lowest BCUT2D eigenvalue weighted by Crippen LogP contribution is -2.17. The first-order chi connectivity index (χ1) is 6.63. The Labute approximate surface area is 90.1 Å². The quantitative estimate of drug-likeness (QED) is 0.807. The van der Waals surface area contributed by atoms with Gasteiger partial charge in [0.25, 0.3) is 0 Å². The third-order valence-electron chi connectivity index (χ3n) is 2.02. The predicted molar refractivity (Wildman–Crippen MR) is 62.4 cm³/mol. The molecule has 0 radical (unpaired) electrons. The van der Waals surface area contributed by atoms with E-state index < -0.39 is 0 Å². The number of nitrogens with zero attached hydrogens (tertiary/aromatic N) is 2. The zero-order valence-corrected chi connectivity index (χ0v) is 9.97. The Morgan fingerprint density at radius 1 is 1.64 bits per heavy atom. The van der Waals surface area contributed by atoms with E-state index in [1.54, 1.807) is 0 Å². The number of hydrogen-bond donors (Lipinski definition) is 1. The first-order valence-corrected chi connectivity index (χ1v) is 6.14. The normalized spacial score (nSPS) is 13.1. The Hall–Kier alpha value is -0.480. The minimum Gasteiger partial charge on any atom is -0.327 e. The zero-order chi connectivity index (χ0) is 10.6. The highest BCUT2D eigenvalue weighted by atomic mass is 32.2. The molecular weight excluding hydrogens is 194 g/mol. The van der Waals surface area contributed by atoms with E-state index in [9.17, 15) is 0 Å². The second-order valence-electron chi connectivity index (χ2n) is 3.60. The number of aryl methyl sites for hydroxylation is 2. The molecule has 1 aromatic rings. The van der Waals surface area contributed by atoms with Gasteiger partial charge in [0.1, 0.15) is 0 Å². The van der Waals surface area contributed by atoms with E-state index in [2.05, 4.69) is 18.1 Å². The Kier molecular flexibility index (Phi) is 4.48. The minimum atomic E-state index is 0.277. The van der Waals surface area contributed by atoms with Crippen LogP contribution in [0.15, 0.2) is 6.07 Å². The lowest BCUT2D eigenvalue weighted by Gasteiger charge is -2.04. The van der Waals surface area contributed by atoms with E-state index >= 15 is 0 Å². The van der Waals surface area contributed by atoms with Crippen molar-refractivity contribution < 1.29 is 0 Å². The van der Waals surface area contributed by atoms with Gasteiger partial charge in [0.2, 0.25) is 0 Å². The topological polar surface area (TPSA) is 43.8 Å². The molecule has 1 heterocycles. The van der Waals surface area contributed by atoms with Crippen LogP contribution in [0, 0.1) is 0 Å². The van der Waals surface area contributed by atoms with Crippen molar-refractivity contribution in [3.63, 3.8) is 0 Å². The summed E-state index contributed by atoms with van der Waals surface area (Å²) in [7, 11) is 2.00. The van der Waals surface area contributed by atoms with Gasteiger partial charge in [-0.25, -0.2) is 0 Å². The number of thioether (sulfide) groups is 1. The Morgan fingerprint density at radius 3 is 2.86 bits per heavy atom. The first kappa shape index (κ1) is 11.6. The fourth-order valence-electron chi connectivity index (χ4n) is 1.23. The third-order valence-corrected chi connectivity index (χ3v) is 3.28. The lowest BCUT2D eigenvalue weighted by molar-refractivity contribution is 0.719. The van der Waals surface area contributed by atoms with Gasteiger partial charge in [-0.05, 0) is 19.4 Å². The van der Waals surface area contributed by atoms with Crippen molar-refractivity contribution >= 4 is 11.8 Å². The molecule has 3 nitrogen and oxygen atoms in total. The molecule has 0 spiro atoms. The molecule has 0 aliphatic heterocycles. The minimum absolute atomic E-state index is 0.277. The van der Waals surface area contributed by atoms with Crippen molar-refractivity contribution in [1.82, 2.24) is 9.78 Å². The molecule has 1 unspecified atom stereocenters. The molecule has 0 amide bonds. The van der Waals surface area contributed by atoms with Crippen LogP contribution in [0.1, 0.15) is 25.2 Å². The van der Waals surface area contributed by atoms with E-state index in [0.29, 0.717) is 0 Å². The van der Waals surface area contributed by atoms with Crippen LogP contribution >= 0.6 is 11.8 Å². The largest absolute Gasteiger partial charge is 0.327 e. The van der Waals surface area contributed by atoms with Crippen LogP contribution in [0.2, 0.25) is 0 Å². The second-order valence-corrected chi connectivity index (χ2v) is 4.63. The fraction of sp³-hybridized carbons (Fsp3) is 0.700. The number of nitrogens with two attached hydrogens (primary N) is 1. The Bertz CT molecular complexity index is 281. The maximum Gasteiger partial charge on any atom is 0.0624 e. The summed E-state index contributed by atoms with van der Waals surface area (Å²) >= 11 is 1.87. The molecule has 0 aliphatic rings. The van der Waals surface area contributed by atoms with Gasteiger partial charge in [0.05, 0.1) is 5.69 Å². The van der Waals surface area contributed by atoms with Crippen molar-refractivity contribution in [3.05, 3.63) is 17.5 Å². The van der Waals surface area contributed by atoms with Crippen molar-refractivity contribution in [1.29, 1.82) is 0 Å². The van der Waals surface area contributed by atoms with Crippen molar-refractivity contribution in [2.75, 3.05) is 5.75 Å². The highest BCUT2D eigenvalue weighted by molar-refractivity contribution is 7.98. The van der Waals surface area contributed by atoms with Crippen LogP contribution < -0.4 is 5.73 Å². The number of hydrogen-bond acceptors (Lipinski definition) is 3. The molecule has 2 N–H and O–H groups in total. The maximum atomic E-state index is 5.68. The van der Waals surface area contributed by atoms with Crippen molar-refractivity contribution in [2.45, 2.75) is 32.1 Å². The zero-order valence-electron chi connectivity index (χ0n) is 9.16. The summed E-state index contributed by atoms with van der Waals surface area (Å²) in [5, 5.41) is 4.40. The molecular formula is C10H19N3S. The Balaban J connectivity index is 2.45. The average Bonchev–Trinajstić information content (AvgIpc) is 2.47. The van der Waals surface area contributed by atoms with Crippen LogP contribution in [0.4, 0.5) is 0 Å². The summed E-state index contributed by atoms with van der Waals surface area (Å²) in [6.07, 6.45) is 1.01. The van der Waals surface area contributed by atoms with Crippen LogP contribution in [0.5, 0.6) is 0 Å². The molecule has 0 fully saturated rings. The second kappa shape index (κ2) is 5.41. The van der Waals surface area contributed by atoms with E-state index in [0.717, 1.165) is 17.9 Å². The van der Waals surface area contributed by atoms with Crippen LogP contribution in [-0.4, -0.2) is 21.6 Å². The van der Waals surface area contributed by atoms with E-state index in [-0.39, 0.29) is 6.04 Å². The summed E-state index contributed by atoms with van der Waals surface area (Å²) < 4.78 is 1.97. The number of aromatic nitrogens is 2. The SMILES string of the molecule is CCc1cc(CSCC(C)N)n(C)n1. The molecule has 1 rings (SSSR count).